The van der Waals surface area contributed by atoms with E-state index in [9.17, 15) is 10.0 Å². The molecule has 0 saturated carbocycles. The number of hydrogen-bond donors (Lipinski definition) is 2. The summed E-state index contributed by atoms with van der Waals surface area (Å²) < 4.78 is 6.67. The van der Waals surface area contributed by atoms with Crippen molar-refractivity contribution in [2.45, 2.75) is 44.9 Å². The molecular weight excluding hydrogens is 1380 g/mol. The summed E-state index contributed by atoms with van der Waals surface area (Å²) >= 11 is 3.54. The Morgan fingerprint density at radius 3 is 1.19 bits per heavy atom. The van der Waals surface area contributed by atoms with Gasteiger partial charge in [-0.1, -0.05) is 341 Å². The van der Waals surface area contributed by atoms with Crippen molar-refractivity contribution in [3.8, 4) is 135 Å². The van der Waals surface area contributed by atoms with Gasteiger partial charge in [-0.05, 0) is 149 Å². The molecule has 0 amide bonds. The third-order valence-electron chi connectivity index (χ3n) is 21.9. The predicted molar refractivity (Wildman–Crippen MR) is 448 cm³/mol. The van der Waals surface area contributed by atoms with Crippen molar-refractivity contribution in [2.75, 3.05) is 0 Å². The summed E-state index contributed by atoms with van der Waals surface area (Å²) in [6.45, 7) is 9.32. The molecule has 20 rings (SSSR count). The van der Waals surface area contributed by atoms with Crippen molar-refractivity contribution in [1.29, 1.82) is 0 Å². The summed E-state index contributed by atoms with van der Waals surface area (Å²) in [4.78, 5) is 20.1. The number of rotatable bonds is 10. The van der Waals surface area contributed by atoms with Crippen molar-refractivity contribution in [2.24, 2.45) is 0 Å². The largest absolute Gasteiger partial charge is 0.492 e. The van der Waals surface area contributed by atoms with Gasteiger partial charge in [0, 0.05) is 64.9 Å². The van der Waals surface area contributed by atoms with Crippen molar-refractivity contribution in [3.05, 3.63) is 378 Å². The van der Waals surface area contributed by atoms with Crippen LogP contribution in [0.1, 0.15) is 61.1 Å². The Bertz CT molecular complexity index is 6290. The van der Waals surface area contributed by atoms with Gasteiger partial charge >= 0.3 is 7.12 Å². The van der Waals surface area contributed by atoms with Crippen LogP contribution in [0.4, 0.5) is 0 Å². The molecule has 3 heterocycles. The fraction of sp³-hybridized carbons (Fsp3) is 0.0707. The zero-order valence-electron chi connectivity index (χ0n) is 60.1. The Labute approximate surface area is 637 Å². The fourth-order valence-electron chi connectivity index (χ4n) is 16.2. The number of fused-ring (bicyclic) bond motifs is 12. The third kappa shape index (κ3) is 12.5. The molecule has 516 valence electrons. The quantitative estimate of drug-likeness (QED) is 0.131. The minimum Gasteiger partial charge on any atom is -0.456 e. The van der Waals surface area contributed by atoms with Crippen LogP contribution in [-0.2, 0) is 17.3 Å². The van der Waals surface area contributed by atoms with Gasteiger partial charge in [0.1, 0.15) is 11.2 Å². The molecule has 0 atom stereocenters. The molecule has 7 nitrogen and oxygen atoms in total. The van der Waals surface area contributed by atoms with Crippen LogP contribution in [-0.4, -0.2) is 37.1 Å². The molecule has 0 aliphatic heterocycles. The average molecular weight is 1460 g/mol. The van der Waals surface area contributed by atoms with E-state index in [1.54, 1.807) is 12.1 Å². The van der Waals surface area contributed by atoms with Crippen molar-refractivity contribution < 1.29 is 14.5 Å². The molecule has 108 heavy (non-hydrogen) atoms. The first kappa shape index (κ1) is 67.4. The molecular formula is C99H72BBrN4O3. The van der Waals surface area contributed by atoms with E-state index >= 15 is 0 Å². The van der Waals surface area contributed by atoms with Gasteiger partial charge in [-0.2, -0.15) is 0 Å². The van der Waals surface area contributed by atoms with Gasteiger partial charge in [0.25, 0.3) is 0 Å². The van der Waals surface area contributed by atoms with E-state index < -0.39 is 7.12 Å². The molecule has 0 unspecified atom stereocenters. The summed E-state index contributed by atoms with van der Waals surface area (Å²) in [7, 11) is -1.51. The summed E-state index contributed by atoms with van der Waals surface area (Å²) in [5.74, 6) is 1.45. The highest BCUT2D eigenvalue weighted by molar-refractivity contribution is 9.10. The molecule has 0 saturated heterocycles. The third-order valence-corrected chi connectivity index (χ3v) is 22.4. The molecule has 0 bridgehead atoms. The van der Waals surface area contributed by atoms with Crippen LogP contribution in [0.3, 0.4) is 0 Å². The minimum absolute atomic E-state index is 0.0138. The first-order chi connectivity index (χ1) is 52.7. The Hall–Kier alpha value is -12.5. The van der Waals surface area contributed by atoms with E-state index in [1.165, 1.54) is 100 Å². The minimum atomic E-state index is -1.51. The van der Waals surface area contributed by atoms with Crippen LogP contribution in [0.15, 0.2) is 349 Å². The number of hydrogen-bond acceptors (Lipinski definition) is 7. The maximum atomic E-state index is 9.24. The Morgan fingerprint density at radius 2 is 0.685 bits per heavy atom. The molecule has 0 fully saturated rings. The summed E-state index contributed by atoms with van der Waals surface area (Å²) in [6.07, 6.45) is 0.969. The summed E-state index contributed by atoms with van der Waals surface area (Å²) in [5.41, 5.74) is 35.4. The van der Waals surface area contributed by atoms with Crippen LogP contribution in [0, 0.1) is 0 Å². The van der Waals surface area contributed by atoms with E-state index in [-0.39, 0.29) is 10.8 Å². The topological polar surface area (TPSA) is 105 Å². The van der Waals surface area contributed by atoms with E-state index in [1.807, 2.05) is 78.9 Å². The maximum Gasteiger partial charge on any atom is 0.492 e. The molecule has 2 N–H and O–H groups in total. The normalized spacial score (nSPS) is 12.9. The van der Waals surface area contributed by atoms with Gasteiger partial charge in [0.15, 0.2) is 11.6 Å². The van der Waals surface area contributed by atoms with Crippen molar-refractivity contribution in [1.82, 2.24) is 19.9 Å². The van der Waals surface area contributed by atoms with E-state index in [2.05, 4.69) is 292 Å². The number of para-hydroxylation sites is 2. The first-order valence-electron chi connectivity index (χ1n) is 36.7. The molecule has 3 aromatic heterocycles. The maximum absolute atomic E-state index is 9.24. The Morgan fingerprint density at radius 1 is 0.306 bits per heavy atom. The number of aromatic nitrogens is 4. The van der Waals surface area contributed by atoms with Crippen molar-refractivity contribution >= 4 is 50.4 Å². The van der Waals surface area contributed by atoms with E-state index in [0.717, 1.165) is 95.1 Å². The van der Waals surface area contributed by atoms with Gasteiger partial charge in [0.2, 0.25) is 0 Å². The second-order valence-electron chi connectivity index (χ2n) is 29.1. The molecule has 14 aromatic carbocycles. The second kappa shape index (κ2) is 27.8. The highest BCUT2D eigenvalue weighted by Crippen LogP contribution is 2.52. The van der Waals surface area contributed by atoms with Gasteiger partial charge < -0.3 is 14.5 Å². The van der Waals surface area contributed by atoms with E-state index in [4.69, 9.17) is 24.4 Å². The lowest BCUT2D eigenvalue weighted by atomic mass is 9.79. The summed E-state index contributed by atoms with van der Waals surface area (Å²) in [6, 6.07) is 119. The van der Waals surface area contributed by atoms with Gasteiger partial charge in [0.05, 0.1) is 22.8 Å². The van der Waals surface area contributed by atoms with Crippen LogP contribution in [0.2, 0.25) is 0 Å². The molecule has 0 radical (unpaired) electrons. The lowest BCUT2D eigenvalue weighted by Crippen LogP contribution is -2.29. The van der Waals surface area contributed by atoms with Crippen LogP contribution in [0.25, 0.3) is 157 Å². The van der Waals surface area contributed by atoms with E-state index in [0.29, 0.717) is 11.0 Å². The highest BCUT2D eigenvalue weighted by Gasteiger charge is 2.37. The zero-order chi connectivity index (χ0) is 73.2. The molecule has 3 aliphatic carbocycles. The number of benzene rings is 14. The van der Waals surface area contributed by atoms with Crippen LogP contribution < -0.4 is 5.46 Å². The smallest absolute Gasteiger partial charge is 0.456 e. The first-order valence-corrected chi connectivity index (χ1v) is 37.5. The number of halogens is 1. The van der Waals surface area contributed by atoms with Gasteiger partial charge in [-0.25, -0.2) is 19.9 Å². The van der Waals surface area contributed by atoms with Crippen LogP contribution >= 0.6 is 15.9 Å². The molecule has 0 spiro atoms. The number of furan rings is 1. The van der Waals surface area contributed by atoms with Crippen LogP contribution in [0.5, 0.6) is 0 Å². The number of nitrogens with zero attached hydrogens (tertiary/aromatic N) is 4. The Balaban J connectivity index is 0.000000129. The monoisotopic (exact) mass is 1450 g/mol. The van der Waals surface area contributed by atoms with Gasteiger partial charge in [-0.15, -0.1) is 0 Å². The molecule has 9 heteroatoms. The fourth-order valence-corrected chi connectivity index (χ4v) is 16.5. The zero-order valence-corrected chi connectivity index (χ0v) is 61.7. The highest BCUT2D eigenvalue weighted by atomic mass is 79.9. The van der Waals surface area contributed by atoms with Crippen molar-refractivity contribution in [3.63, 3.8) is 0 Å². The molecule has 17 aromatic rings. The molecule has 3 aliphatic rings. The standard InChI is InChI=1S/C50H36N2.C37H27BrN2.C12H9BO3/c1-50(2)45-18-9-8-15-42(45)43-28-27-37(30-46(43)50)32-19-23-34(24-20-32)47-31-48(52-49(51-47)36-11-4-3-5-12-36)35-25-21-33(22-26-35)39-16-10-17-41-40-14-7-6-13-38(40)29-44(39)41;1-37(2)32-11-7-6-10-30(32)31-21-18-28(22-33(31)37)24-12-14-25(15-13-24)34-23-35(26-16-19-29(38)20-17-26)40-36(39-34)27-8-4-3-5-9-27;14-13(15)10-6-3-5-9-8-4-1-2-7-11(8)16-12(9)10/h3-28,30-31H,29H2,1-2H3;3-23H,1-2H3;1-7,14-15H. The predicted octanol–water partition coefficient (Wildman–Crippen LogP) is 24.2. The lowest BCUT2D eigenvalue weighted by molar-refractivity contribution is 0.425. The average Bonchev–Trinajstić information content (AvgIpc) is 1.58. The SMILES string of the molecule is CC1(C)c2ccccc2-c2ccc(-c3ccc(-c4cc(-c5ccc(-c6cccc7c6Cc6ccccc6-7)cc5)nc(-c5ccccc5)n4)cc3)cc21.CC1(C)c2ccccc2-c2ccc(-c3ccc(-c4cc(-c5ccc(Br)cc5)nc(-c5ccccc5)n4)cc3)cc21.OB(O)c1cccc2c1oc1ccccc12. The lowest BCUT2D eigenvalue weighted by Gasteiger charge is -2.22. The summed E-state index contributed by atoms with van der Waals surface area (Å²) in [5, 5.41) is 20.4. The second-order valence-corrected chi connectivity index (χ2v) is 30.0. The Kier molecular flexibility index (Phi) is 17.3. The van der Waals surface area contributed by atoms with Gasteiger partial charge in [-0.3, -0.25) is 0 Å².